The first-order chi connectivity index (χ1) is 13.4. The van der Waals surface area contributed by atoms with Crippen molar-refractivity contribution in [2.45, 2.75) is 0 Å². The molecule has 0 radical (unpaired) electrons. The standard InChI is InChI=1S/C21H18BrN3O3/c1-23-17-12-25(15-8-10-16(28-3)11-9-15)19(13-4-6-14(22)7-5-13)18(17)20(26)24(2)21(23)27/h4-12H,1-3H3. The number of ether oxygens (including phenoxy) is 1. The van der Waals surface area contributed by atoms with E-state index in [0.29, 0.717) is 10.9 Å². The van der Waals surface area contributed by atoms with Gasteiger partial charge in [0.2, 0.25) is 0 Å². The van der Waals surface area contributed by atoms with Gasteiger partial charge in [0.15, 0.2) is 0 Å². The van der Waals surface area contributed by atoms with E-state index >= 15 is 0 Å². The van der Waals surface area contributed by atoms with Gasteiger partial charge in [0.25, 0.3) is 5.56 Å². The lowest BCUT2D eigenvalue weighted by Gasteiger charge is -2.11. The van der Waals surface area contributed by atoms with E-state index in [1.807, 2.05) is 59.3 Å². The third-order valence-electron chi connectivity index (χ3n) is 4.91. The average molecular weight is 440 g/mol. The third kappa shape index (κ3) is 2.79. The van der Waals surface area contributed by atoms with Gasteiger partial charge in [-0.05, 0) is 42.0 Å². The lowest BCUT2D eigenvalue weighted by Crippen LogP contribution is -2.36. The zero-order chi connectivity index (χ0) is 20.0. The van der Waals surface area contributed by atoms with Gasteiger partial charge in [0.1, 0.15) is 5.75 Å². The number of hydrogen-bond acceptors (Lipinski definition) is 3. The summed E-state index contributed by atoms with van der Waals surface area (Å²) < 4.78 is 10.8. The summed E-state index contributed by atoms with van der Waals surface area (Å²) >= 11 is 3.45. The fraction of sp³-hybridized carbons (Fsp3) is 0.143. The minimum atomic E-state index is -0.355. The van der Waals surface area contributed by atoms with Crippen LogP contribution in [0.2, 0.25) is 0 Å². The van der Waals surface area contributed by atoms with Crippen molar-refractivity contribution in [2.24, 2.45) is 14.1 Å². The molecule has 0 N–H and O–H groups in total. The van der Waals surface area contributed by atoms with Gasteiger partial charge in [-0.25, -0.2) is 4.79 Å². The maximum atomic E-state index is 13.0. The predicted molar refractivity (Wildman–Crippen MR) is 113 cm³/mol. The number of fused-ring (bicyclic) bond motifs is 1. The van der Waals surface area contributed by atoms with Crippen LogP contribution in [0.4, 0.5) is 0 Å². The summed E-state index contributed by atoms with van der Waals surface area (Å²) in [6.45, 7) is 0. The molecule has 0 fully saturated rings. The molecule has 0 bridgehead atoms. The first-order valence-electron chi connectivity index (χ1n) is 8.64. The van der Waals surface area contributed by atoms with Crippen LogP contribution in [0.25, 0.3) is 27.8 Å². The molecule has 2 aromatic carbocycles. The molecule has 0 amide bonds. The number of benzene rings is 2. The molecule has 7 heteroatoms. The fourth-order valence-electron chi connectivity index (χ4n) is 3.38. The summed E-state index contributed by atoms with van der Waals surface area (Å²) in [7, 11) is 4.79. The number of methoxy groups -OCH3 is 1. The first-order valence-corrected chi connectivity index (χ1v) is 9.43. The molecule has 2 heterocycles. The minimum absolute atomic E-state index is 0.316. The highest BCUT2D eigenvalue weighted by Gasteiger charge is 2.20. The maximum absolute atomic E-state index is 13.0. The highest BCUT2D eigenvalue weighted by atomic mass is 79.9. The molecule has 0 saturated carbocycles. The lowest BCUT2D eigenvalue weighted by molar-refractivity contribution is 0.415. The monoisotopic (exact) mass is 439 g/mol. The third-order valence-corrected chi connectivity index (χ3v) is 5.44. The van der Waals surface area contributed by atoms with E-state index in [2.05, 4.69) is 15.9 Å². The van der Waals surface area contributed by atoms with Gasteiger partial charge in [0, 0.05) is 30.5 Å². The highest BCUT2D eigenvalue weighted by Crippen LogP contribution is 2.32. The van der Waals surface area contributed by atoms with Crippen LogP contribution in [0.3, 0.4) is 0 Å². The quantitative estimate of drug-likeness (QED) is 0.490. The van der Waals surface area contributed by atoms with E-state index < -0.39 is 0 Å². The second-order valence-corrected chi connectivity index (χ2v) is 7.43. The Morgan fingerprint density at radius 1 is 0.893 bits per heavy atom. The lowest BCUT2D eigenvalue weighted by atomic mass is 10.1. The molecule has 2 aromatic heterocycles. The van der Waals surface area contributed by atoms with E-state index in [1.165, 1.54) is 11.6 Å². The van der Waals surface area contributed by atoms with E-state index in [1.54, 1.807) is 14.2 Å². The first kappa shape index (κ1) is 18.3. The normalized spacial score (nSPS) is 11.1. The molecule has 0 aliphatic rings. The minimum Gasteiger partial charge on any atom is -0.497 e. The van der Waals surface area contributed by atoms with Crippen LogP contribution >= 0.6 is 15.9 Å². The van der Waals surface area contributed by atoms with Crippen molar-refractivity contribution in [3.63, 3.8) is 0 Å². The summed E-state index contributed by atoms with van der Waals surface area (Å²) in [6.07, 6.45) is 1.83. The Kier molecular flexibility index (Phi) is 4.47. The van der Waals surface area contributed by atoms with Crippen molar-refractivity contribution in [2.75, 3.05) is 7.11 Å². The van der Waals surface area contributed by atoms with Gasteiger partial charge in [-0.3, -0.25) is 13.9 Å². The maximum Gasteiger partial charge on any atom is 0.330 e. The van der Waals surface area contributed by atoms with Crippen LogP contribution < -0.4 is 16.0 Å². The Hall–Kier alpha value is -3.06. The molecule has 4 rings (SSSR count). The summed E-state index contributed by atoms with van der Waals surface area (Å²) in [5.41, 5.74) is 2.40. The Morgan fingerprint density at radius 2 is 1.54 bits per heavy atom. The van der Waals surface area contributed by atoms with E-state index in [0.717, 1.165) is 31.7 Å². The van der Waals surface area contributed by atoms with Gasteiger partial charge < -0.3 is 9.30 Å². The van der Waals surface area contributed by atoms with Crippen molar-refractivity contribution < 1.29 is 4.74 Å². The number of nitrogens with zero attached hydrogens (tertiary/aromatic N) is 3. The van der Waals surface area contributed by atoms with Crippen LogP contribution in [-0.4, -0.2) is 20.8 Å². The van der Waals surface area contributed by atoms with Crippen LogP contribution in [0.1, 0.15) is 0 Å². The van der Waals surface area contributed by atoms with Gasteiger partial charge in [0.05, 0.1) is 23.7 Å². The van der Waals surface area contributed by atoms with Gasteiger partial charge in [-0.2, -0.15) is 0 Å². The SMILES string of the molecule is COc1ccc(-n2cc3c(c2-c2ccc(Br)cc2)c(=O)n(C)c(=O)n3C)cc1. The van der Waals surface area contributed by atoms with Crippen molar-refractivity contribution in [3.05, 3.63) is 80.0 Å². The smallest absolute Gasteiger partial charge is 0.330 e. The summed E-state index contributed by atoms with van der Waals surface area (Å²) in [6, 6.07) is 15.3. The zero-order valence-corrected chi connectivity index (χ0v) is 17.2. The largest absolute Gasteiger partial charge is 0.497 e. The number of halogens is 1. The van der Waals surface area contributed by atoms with Crippen LogP contribution in [0, 0.1) is 0 Å². The predicted octanol–water partition coefficient (Wildman–Crippen LogP) is 3.47. The molecule has 0 unspecified atom stereocenters. The molecular weight excluding hydrogens is 422 g/mol. The Morgan fingerprint density at radius 3 is 2.14 bits per heavy atom. The molecule has 4 aromatic rings. The molecular formula is C21H18BrN3O3. The highest BCUT2D eigenvalue weighted by molar-refractivity contribution is 9.10. The molecule has 0 spiro atoms. The number of aromatic nitrogens is 3. The summed E-state index contributed by atoms with van der Waals surface area (Å²) in [4.78, 5) is 25.4. The van der Waals surface area contributed by atoms with Gasteiger partial charge >= 0.3 is 5.69 Å². The number of rotatable bonds is 3. The van der Waals surface area contributed by atoms with Crippen molar-refractivity contribution >= 4 is 26.8 Å². The molecule has 0 aliphatic carbocycles. The van der Waals surface area contributed by atoms with Crippen molar-refractivity contribution in [1.29, 1.82) is 0 Å². The Labute approximate surface area is 169 Å². The zero-order valence-electron chi connectivity index (χ0n) is 15.6. The van der Waals surface area contributed by atoms with Crippen LogP contribution in [0.15, 0.2) is 68.8 Å². The number of aryl methyl sites for hydroxylation is 1. The Bertz CT molecular complexity index is 1300. The summed E-state index contributed by atoms with van der Waals surface area (Å²) in [5.74, 6) is 0.744. The summed E-state index contributed by atoms with van der Waals surface area (Å²) in [5, 5.41) is 0.503. The average Bonchev–Trinajstić information content (AvgIpc) is 3.12. The second-order valence-electron chi connectivity index (χ2n) is 6.52. The van der Waals surface area contributed by atoms with E-state index in [9.17, 15) is 9.59 Å². The molecule has 0 atom stereocenters. The topological polar surface area (TPSA) is 58.2 Å². The molecule has 28 heavy (non-hydrogen) atoms. The molecule has 0 aliphatic heterocycles. The van der Waals surface area contributed by atoms with Gasteiger partial charge in [-0.1, -0.05) is 28.1 Å². The fourth-order valence-corrected chi connectivity index (χ4v) is 3.64. The van der Waals surface area contributed by atoms with Crippen molar-refractivity contribution in [1.82, 2.24) is 13.7 Å². The van der Waals surface area contributed by atoms with Crippen LogP contribution in [-0.2, 0) is 14.1 Å². The van der Waals surface area contributed by atoms with Crippen LogP contribution in [0.5, 0.6) is 5.75 Å². The molecule has 0 saturated heterocycles. The van der Waals surface area contributed by atoms with E-state index in [-0.39, 0.29) is 11.2 Å². The number of hydrogen-bond donors (Lipinski definition) is 0. The Balaban J connectivity index is 2.14. The van der Waals surface area contributed by atoms with Gasteiger partial charge in [-0.15, -0.1) is 0 Å². The van der Waals surface area contributed by atoms with Crippen molar-refractivity contribution in [3.8, 4) is 22.7 Å². The second kappa shape index (κ2) is 6.83. The molecule has 6 nitrogen and oxygen atoms in total. The molecule has 142 valence electrons. The van der Waals surface area contributed by atoms with E-state index in [4.69, 9.17) is 4.74 Å².